The number of anilines is 3. The van der Waals surface area contributed by atoms with Gasteiger partial charge in [-0.3, -0.25) is 4.98 Å². The SMILES string of the molecule is COc1ccnc2ccc(CNc3cc(NCc4c(C)cc5c(N)nccc5c4C)ncn3)cc12. The van der Waals surface area contributed by atoms with Crippen LogP contribution in [0.4, 0.5) is 17.5 Å². The van der Waals surface area contributed by atoms with E-state index in [4.69, 9.17) is 10.5 Å². The first-order valence-corrected chi connectivity index (χ1v) is 11.4. The first kappa shape index (κ1) is 22.3. The van der Waals surface area contributed by atoms with E-state index < -0.39 is 0 Å². The van der Waals surface area contributed by atoms with Crippen LogP contribution in [0, 0.1) is 13.8 Å². The summed E-state index contributed by atoms with van der Waals surface area (Å²) in [7, 11) is 1.67. The molecule has 0 aliphatic heterocycles. The number of hydrogen-bond donors (Lipinski definition) is 3. The Bertz CT molecular complexity index is 1530. The molecule has 5 rings (SSSR count). The van der Waals surface area contributed by atoms with E-state index in [-0.39, 0.29) is 0 Å². The van der Waals surface area contributed by atoms with E-state index in [9.17, 15) is 0 Å². The Labute approximate surface area is 203 Å². The molecule has 4 N–H and O–H groups in total. The summed E-state index contributed by atoms with van der Waals surface area (Å²) in [5, 5.41) is 9.91. The Morgan fingerprint density at radius 2 is 1.57 bits per heavy atom. The Balaban J connectivity index is 1.30. The lowest BCUT2D eigenvalue weighted by Crippen LogP contribution is -2.08. The number of methoxy groups -OCH3 is 1. The number of nitrogens with zero attached hydrogens (tertiary/aromatic N) is 4. The van der Waals surface area contributed by atoms with Crippen LogP contribution in [0.5, 0.6) is 5.75 Å². The van der Waals surface area contributed by atoms with Gasteiger partial charge in [-0.2, -0.15) is 0 Å². The molecule has 0 amide bonds. The van der Waals surface area contributed by atoms with E-state index in [0.717, 1.165) is 50.2 Å². The lowest BCUT2D eigenvalue weighted by atomic mass is 9.96. The molecule has 5 aromatic rings. The summed E-state index contributed by atoms with van der Waals surface area (Å²) in [5.41, 5.74) is 11.7. The molecule has 2 aromatic carbocycles. The molecular formula is C27H27N7O. The third kappa shape index (κ3) is 4.50. The number of hydrogen-bond acceptors (Lipinski definition) is 8. The molecule has 8 heteroatoms. The number of benzene rings is 2. The number of nitrogens with two attached hydrogens (primary N) is 1. The quantitative estimate of drug-likeness (QED) is 0.308. The molecule has 176 valence electrons. The number of nitrogen functional groups attached to an aromatic ring is 1. The summed E-state index contributed by atoms with van der Waals surface area (Å²) < 4.78 is 5.47. The monoisotopic (exact) mass is 465 g/mol. The standard InChI is InChI=1S/C27H27N7O/c1-16-10-20-19(6-8-30-27(20)28)17(2)22(16)14-32-26-12-25(33-15-34-26)31-13-18-4-5-23-21(11-18)24(35-3)7-9-29-23/h4-12,15H,13-14H2,1-3H3,(H2,28,30)(H2,31,32,33,34). The maximum absolute atomic E-state index is 6.08. The molecule has 0 saturated carbocycles. The van der Waals surface area contributed by atoms with E-state index >= 15 is 0 Å². The van der Waals surface area contributed by atoms with Crippen molar-refractivity contribution in [2.75, 3.05) is 23.5 Å². The van der Waals surface area contributed by atoms with Crippen LogP contribution in [0.15, 0.2) is 61.2 Å². The number of ether oxygens (including phenoxy) is 1. The highest BCUT2D eigenvalue weighted by atomic mass is 16.5. The van der Waals surface area contributed by atoms with Crippen molar-refractivity contribution in [2.24, 2.45) is 0 Å². The van der Waals surface area contributed by atoms with Crippen LogP contribution >= 0.6 is 0 Å². The van der Waals surface area contributed by atoms with Crippen molar-refractivity contribution in [1.82, 2.24) is 19.9 Å². The van der Waals surface area contributed by atoms with Crippen LogP contribution in [-0.2, 0) is 13.1 Å². The predicted octanol–water partition coefficient (Wildman–Crippen LogP) is 5.00. The Morgan fingerprint density at radius 1 is 0.800 bits per heavy atom. The van der Waals surface area contributed by atoms with Gasteiger partial charge in [0.1, 0.15) is 29.5 Å². The molecule has 0 radical (unpaired) electrons. The highest BCUT2D eigenvalue weighted by Crippen LogP contribution is 2.29. The molecule has 0 fully saturated rings. The summed E-state index contributed by atoms with van der Waals surface area (Å²) in [6.45, 7) is 5.47. The van der Waals surface area contributed by atoms with Crippen LogP contribution in [0.1, 0.15) is 22.3 Å². The Kier molecular flexibility index (Phi) is 6.01. The molecule has 0 atom stereocenters. The van der Waals surface area contributed by atoms with Crippen molar-refractivity contribution in [3.63, 3.8) is 0 Å². The molecule has 3 heterocycles. The van der Waals surface area contributed by atoms with Crippen molar-refractivity contribution < 1.29 is 4.74 Å². The van der Waals surface area contributed by atoms with E-state index in [0.29, 0.717) is 18.9 Å². The molecular weight excluding hydrogens is 438 g/mol. The van der Waals surface area contributed by atoms with Gasteiger partial charge >= 0.3 is 0 Å². The van der Waals surface area contributed by atoms with Crippen LogP contribution in [0.3, 0.4) is 0 Å². The van der Waals surface area contributed by atoms with Crippen molar-refractivity contribution in [3.05, 3.63) is 83.4 Å². The lowest BCUT2D eigenvalue weighted by molar-refractivity contribution is 0.419. The van der Waals surface area contributed by atoms with Gasteiger partial charge in [0.2, 0.25) is 0 Å². The van der Waals surface area contributed by atoms with Crippen LogP contribution in [0.2, 0.25) is 0 Å². The number of pyridine rings is 2. The minimum absolute atomic E-state index is 0.556. The molecule has 0 saturated heterocycles. The second-order valence-corrected chi connectivity index (χ2v) is 8.45. The molecule has 0 aliphatic rings. The minimum atomic E-state index is 0.556. The maximum Gasteiger partial charge on any atom is 0.131 e. The van der Waals surface area contributed by atoms with Gasteiger partial charge in [0.05, 0.1) is 12.6 Å². The number of nitrogens with one attached hydrogen (secondary N) is 2. The van der Waals surface area contributed by atoms with Crippen LogP contribution < -0.4 is 21.1 Å². The first-order valence-electron chi connectivity index (χ1n) is 11.4. The molecule has 0 aliphatic carbocycles. The summed E-state index contributed by atoms with van der Waals surface area (Å²) in [5.74, 6) is 2.86. The highest BCUT2D eigenvalue weighted by molar-refractivity contribution is 5.94. The smallest absolute Gasteiger partial charge is 0.131 e. The fourth-order valence-corrected chi connectivity index (χ4v) is 4.38. The molecule has 0 unspecified atom stereocenters. The Morgan fingerprint density at radius 3 is 2.37 bits per heavy atom. The van der Waals surface area contributed by atoms with Crippen LogP contribution in [-0.4, -0.2) is 27.0 Å². The van der Waals surface area contributed by atoms with Gasteiger partial charge in [-0.1, -0.05) is 6.07 Å². The average Bonchev–Trinajstić information content (AvgIpc) is 2.88. The maximum atomic E-state index is 6.08. The molecule has 35 heavy (non-hydrogen) atoms. The van der Waals surface area contributed by atoms with Gasteiger partial charge in [0.15, 0.2) is 0 Å². The number of rotatable bonds is 7. The highest BCUT2D eigenvalue weighted by Gasteiger charge is 2.11. The van der Waals surface area contributed by atoms with Gasteiger partial charge in [-0.25, -0.2) is 15.0 Å². The number of fused-ring (bicyclic) bond motifs is 2. The van der Waals surface area contributed by atoms with Crippen molar-refractivity contribution in [2.45, 2.75) is 26.9 Å². The molecule has 8 nitrogen and oxygen atoms in total. The zero-order chi connectivity index (χ0) is 24.4. The second-order valence-electron chi connectivity index (χ2n) is 8.45. The van der Waals surface area contributed by atoms with Gasteiger partial charge in [0, 0.05) is 42.3 Å². The normalized spacial score (nSPS) is 11.1. The first-order chi connectivity index (χ1) is 17.0. The van der Waals surface area contributed by atoms with Gasteiger partial charge < -0.3 is 21.1 Å². The van der Waals surface area contributed by atoms with E-state index in [1.165, 1.54) is 11.1 Å². The number of aryl methyl sites for hydroxylation is 2. The molecule has 0 bridgehead atoms. The molecule has 3 aromatic heterocycles. The summed E-state index contributed by atoms with van der Waals surface area (Å²) in [6, 6.07) is 14.0. The van der Waals surface area contributed by atoms with Crippen molar-refractivity contribution >= 4 is 39.1 Å². The topological polar surface area (TPSA) is 111 Å². The zero-order valence-electron chi connectivity index (χ0n) is 20.0. The van der Waals surface area contributed by atoms with Crippen molar-refractivity contribution in [3.8, 4) is 5.75 Å². The summed E-state index contributed by atoms with van der Waals surface area (Å²) in [6.07, 6.45) is 5.06. The summed E-state index contributed by atoms with van der Waals surface area (Å²) >= 11 is 0. The molecule has 0 spiro atoms. The van der Waals surface area contributed by atoms with E-state index in [2.05, 4.69) is 62.6 Å². The fraction of sp³-hybridized carbons (Fsp3) is 0.185. The van der Waals surface area contributed by atoms with E-state index in [1.54, 1.807) is 25.8 Å². The van der Waals surface area contributed by atoms with E-state index in [1.807, 2.05) is 24.3 Å². The van der Waals surface area contributed by atoms with Gasteiger partial charge in [-0.15, -0.1) is 0 Å². The second kappa shape index (κ2) is 9.42. The minimum Gasteiger partial charge on any atom is -0.496 e. The van der Waals surface area contributed by atoms with Gasteiger partial charge in [-0.05, 0) is 71.8 Å². The number of aromatic nitrogens is 4. The third-order valence-electron chi connectivity index (χ3n) is 6.29. The fourth-order valence-electron chi connectivity index (χ4n) is 4.38. The predicted molar refractivity (Wildman–Crippen MR) is 141 cm³/mol. The summed E-state index contributed by atoms with van der Waals surface area (Å²) in [4.78, 5) is 17.4. The third-order valence-corrected chi connectivity index (χ3v) is 6.29. The average molecular weight is 466 g/mol. The van der Waals surface area contributed by atoms with Gasteiger partial charge in [0.25, 0.3) is 0 Å². The van der Waals surface area contributed by atoms with Crippen LogP contribution in [0.25, 0.3) is 21.7 Å². The van der Waals surface area contributed by atoms with Crippen molar-refractivity contribution in [1.29, 1.82) is 0 Å². The zero-order valence-corrected chi connectivity index (χ0v) is 20.0. The largest absolute Gasteiger partial charge is 0.496 e. The Hall–Kier alpha value is -4.46. The lowest BCUT2D eigenvalue weighted by Gasteiger charge is -2.15.